The summed E-state index contributed by atoms with van der Waals surface area (Å²) in [5, 5.41) is 8.34. The van der Waals surface area contributed by atoms with Crippen molar-refractivity contribution in [1.82, 2.24) is 29.8 Å². The molecule has 9 heteroatoms. The summed E-state index contributed by atoms with van der Waals surface area (Å²) in [6, 6.07) is 5.98. The molecular formula is C25H33N7O2. The highest BCUT2D eigenvalue weighted by Gasteiger charge is 2.24. The van der Waals surface area contributed by atoms with Crippen LogP contribution in [0.15, 0.2) is 43.0 Å². The maximum Gasteiger partial charge on any atom is 0.247 e. The summed E-state index contributed by atoms with van der Waals surface area (Å²) in [5.74, 6) is 1.39. The van der Waals surface area contributed by atoms with Gasteiger partial charge in [-0.2, -0.15) is 4.98 Å². The average molecular weight is 464 g/mol. The van der Waals surface area contributed by atoms with Crippen LogP contribution in [0.4, 0.5) is 11.6 Å². The molecule has 1 saturated carbocycles. The topological polar surface area (TPSA) is 88.4 Å². The summed E-state index contributed by atoms with van der Waals surface area (Å²) in [6.07, 6.45) is 14.0. The van der Waals surface area contributed by atoms with Crippen LogP contribution in [0.1, 0.15) is 38.5 Å². The van der Waals surface area contributed by atoms with E-state index in [1.807, 2.05) is 41.8 Å². The molecule has 0 spiro atoms. The summed E-state index contributed by atoms with van der Waals surface area (Å²) in [7, 11) is 0. The van der Waals surface area contributed by atoms with Crippen LogP contribution in [0.5, 0.6) is 0 Å². The average Bonchev–Trinajstić information content (AvgIpc) is 3.53. The molecule has 180 valence electrons. The largest absolute Gasteiger partial charge is 0.379 e. The van der Waals surface area contributed by atoms with Crippen LogP contribution < -0.4 is 10.3 Å². The van der Waals surface area contributed by atoms with E-state index in [0.717, 1.165) is 42.8 Å². The number of ether oxygens (including phenoxy) is 1. The third-order valence-corrected chi connectivity index (χ3v) is 6.69. The minimum atomic E-state index is 0.187. The number of rotatable bonds is 9. The highest BCUT2D eigenvalue weighted by atomic mass is 16.5. The van der Waals surface area contributed by atoms with Crippen molar-refractivity contribution in [3.63, 3.8) is 0 Å². The van der Waals surface area contributed by atoms with Gasteiger partial charge in [0.2, 0.25) is 11.9 Å². The number of morpholine rings is 1. The van der Waals surface area contributed by atoms with Crippen LogP contribution in [0, 0.1) is 5.92 Å². The van der Waals surface area contributed by atoms with Crippen molar-refractivity contribution < 1.29 is 9.53 Å². The van der Waals surface area contributed by atoms with Crippen LogP contribution >= 0.6 is 0 Å². The Morgan fingerprint density at radius 2 is 2.03 bits per heavy atom. The summed E-state index contributed by atoms with van der Waals surface area (Å²) >= 11 is 0. The van der Waals surface area contributed by atoms with Gasteiger partial charge in [0.05, 0.1) is 25.1 Å². The highest BCUT2D eigenvalue weighted by Crippen LogP contribution is 2.28. The summed E-state index contributed by atoms with van der Waals surface area (Å²) < 4.78 is 7.69. The van der Waals surface area contributed by atoms with Crippen molar-refractivity contribution in [1.29, 1.82) is 0 Å². The molecule has 0 bridgehead atoms. The van der Waals surface area contributed by atoms with Gasteiger partial charge in [-0.3, -0.25) is 9.78 Å². The lowest BCUT2D eigenvalue weighted by Crippen LogP contribution is -2.47. The number of hydrogen-bond acceptors (Lipinski definition) is 7. The van der Waals surface area contributed by atoms with E-state index in [1.165, 1.54) is 25.7 Å². The fourth-order valence-corrected chi connectivity index (χ4v) is 4.91. The predicted octanol–water partition coefficient (Wildman–Crippen LogP) is 3.30. The van der Waals surface area contributed by atoms with E-state index in [2.05, 4.69) is 24.9 Å². The number of aryl methyl sites for hydroxylation is 1. The second-order valence-corrected chi connectivity index (χ2v) is 9.11. The van der Waals surface area contributed by atoms with Crippen molar-refractivity contribution in [2.24, 2.45) is 5.92 Å². The zero-order valence-electron chi connectivity index (χ0n) is 19.6. The van der Waals surface area contributed by atoms with E-state index in [0.29, 0.717) is 38.0 Å². The third-order valence-electron chi connectivity index (χ3n) is 6.69. The molecule has 9 nitrogen and oxygen atoms in total. The van der Waals surface area contributed by atoms with Crippen LogP contribution in [0.3, 0.4) is 0 Å². The molecule has 1 aliphatic heterocycles. The number of nitrogens with one attached hydrogen (secondary N) is 1. The molecule has 1 amide bonds. The lowest BCUT2D eigenvalue weighted by molar-refractivity contribution is -0.121. The van der Waals surface area contributed by atoms with E-state index in [1.54, 1.807) is 6.20 Å². The molecule has 5 rings (SSSR count). The lowest BCUT2D eigenvalue weighted by Gasteiger charge is -2.36. The molecule has 0 aromatic carbocycles. The van der Waals surface area contributed by atoms with Gasteiger partial charge in [-0.15, -0.1) is 0 Å². The number of hydrogen-bond donors (Lipinski definition) is 1. The molecule has 3 aromatic heterocycles. The molecule has 4 heterocycles. The van der Waals surface area contributed by atoms with E-state index in [4.69, 9.17) is 9.72 Å². The monoisotopic (exact) mass is 463 g/mol. The zero-order chi connectivity index (χ0) is 23.2. The van der Waals surface area contributed by atoms with Crippen molar-refractivity contribution in [3.05, 3.63) is 43.0 Å². The fraction of sp³-hybridized carbons (Fsp3) is 0.520. The molecule has 2 fully saturated rings. The number of hydrazine groups is 1. The van der Waals surface area contributed by atoms with E-state index in [9.17, 15) is 4.79 Å². The second-order valence-electron chi connectivity index (χ2n) is 9.11. The van der Waals surface area contributed by atoms with Gasteiger partial charge in [0.15, 0.2) is 0 Å². The number of carbonyl (C=O) groups is 1. The standard InChI is InChI=1S/C25H33N7O2/c33-23(17-20-5-1-2-6-20)27-10-4-11-30-12-8-21-18-28-25(29-24(21)30)32(22-7-3-9-26-19-22)31-13-15-34-16-14-31/h3,7-9,12,18-20H,1-2,4-6,10-11,13-17H2,(H,27,33). The molecule has 2 aliphatic rings. The normalized spacial score (nSPS) is 17.3. The Labute approximate surface area is 200 Å². The summed E-state index contributed by atoms with van der Waals surface area (Å²) in [5.41, 5.74) is 1.82. The Bertz CT molecular complexity index is 1080. The Kier molecular flexibility index (Phi) is 7.31. The molecule has 0 radical (unpaired) electrons. The first-order chi connectivity index (χ1) is 16.8. The first kappa shape index (κ1) is 22.7. The smallest absolute Gasteiger partial charge is 0.247 e. The zero-order valence-corrected chi connectivity index (χ0v) is 19.6. The number of anilines is 2. The molecule has 34 heavy (non-hydrogen) atoms. The molecule has 1 saturated heterocycles. The van der Waals surface area contributed by atoms with Crippen molar-refractivity contribution in [2.75, 3.05) is 37.9 Å². The third kappa shape index (κ3) is 5.37. The Balaban J connectivity index is 1.27. The number of aromatic nitrogens is 4. The van der Waals surface area contributed by atoms with Crippen molar-refractivity contribution in [2.45, 2.75) is 45.1 Å². The first-order valence-corrected chi connectivity index (χ1v) is 12.4. The predicted molar refractivity (Wildman–Crippen MR) is 130 cm³/mol. The van der Waals surface area contributed by atoms with Gasteiger partial charge in [-0.25, -0.2) is 15.0 Å². The van der Waals surface area contributed by atoms with Gasteiger partial charge in [0.25, 0.3) is 0 Å². The van der Waals surface area contributed by atoms with E-state index in [-0.39, 0.29) is 5.91 Å². The molecule has 0 atom stereocenters. The minimum absolute atomic E-state index is 0.187. The fourth-order valence-electron chi connectivity index (χ4n) is 4.91. The minimum Gasteiger partial charge on any atom is -0.379 e. The Morgan fingerprint density at radius 1 is 1.18 bits per heavy atom. The van der Waals surface area contributed by atoms with E-state index < -0.39 is 0 Å². The molecule has 1 N–H and O–H groups in total. The second kappa shape index (κ2) is 10.9. The van der Waals surface area contributed by atoms with Gasteiger partial charge in [-0.05, 0) is 43.4 Å². The van der Waals surface area contributed by atoms with E-state index >= 15 is 0 Å². The van der Waals surface area contributed by atoms with Gasteiger partial charge >= 0.3 is 0 Å². The van der Waals surface area contributed by atoms with Crippen LogP contribution in [-0.4, -0.2) is 63.3 Å². The molecule has 0 unspecified atom stereocenters. The maximum absolute atomic E-state index is 12.2. The van der Waals surface area contributed by atoms with Gasteiger partial charge in [0.1, 0.15) is 5.65 Å². The summed E-state index contributed by atoms with van der Waals surface area (Å²) in [6.45, 7) is 4.33. The molecular weight excluding hydrogens is 430 g/mol. The SMILES string of the molecule is O=C(CC1CCCC1)NCCCn1ccc2cnc(N(c3cccnc3)N3CCOCC3)nc21. The number of amides is 1. The van der Waals surface area contributed by atoms with Crippen LogP contribution in [-0.2, 0) is 16.1 Å². The number of nitrogens with zero attached hydrogens (tertiary/aromatic N) is 6. The first-order valence-electron chi connectivity index (χ1n) is 12.4. The van der Waals surface area contributed by atoms with Gasteiger partial charge in [0, 0.05) is 56.6 Å². The Hall–Kier alpha value is -3.04. The highest BCUT2D eigenvalue weighted by molar-refractivity contribution is 5.77. The Morgan fingerprint density at radius 3 is 2.82 bits per heavy atom. The van der Waals surface area contributed by atoms with Crippen LogP contribution in [0.2, 0.25) is 0 Å². The van der Waals surface area contributed by atoms with Gasteiger partial charge in [-0.1, -0.05) is 12.8 Å². The quantitative estimate of drug-likeness (QED) is 0.487. The number of pyridine rings is 1. The summed E-state index contributed by atoms with van der Waals surface area (Å²) in [4.78, 5) is 26.1. The van der Waals surface area contributed by atoms with Gasteiger partial charge < -0.3 is 14.6 Å². The molecule has 1 aliphatic carbocycles. The maximum atomic E-state index is 12.2. The number of fused-ring (bicyclic) bond motifs is 1. The van der Waals surface area contributed by atoms with Crippen LogP contribution in [0.25, 0.3) is 11.0 Å². The lowest BCUT2D eigenvalue weighted by atomic mass is 10.0. The number of carbonyl (C=O) groups excluding carboxylic acids is 1. The van der Waals surface area contributed by atoms with Crippen molar-refractivity contribution in [3.8, 4) is 0 Å². The van der Waals surface area contributed by atoms with Crippen molar-refractivity contribution >= 4 is 28.6 Å². The molecule has 3 aromatic rings.